The molecule has 1 aromatic carbocycles. The second-order valence-electron chi connectivity index (χ2n) is 6.48. The van der Waals surface area contributed by atoms with Crippen molar-refractivity contribution in [3.05, 3.63) is 36.0 Å². The van der Waals surface area contributed by atoms with Gasteiger partial charge in [0.15, 0.2) is 11.4 Å². The van der Waals surface area contributed by atoms with Crippen molar-refractivity contribution in [2.24, 2.45) is 0 Å². The van der Waals surface area contributed by atoms with Crippen LogP contribution in [0.1, 0.15) is 12.1 Å². The van der Waals surface area contributed by atoms with Crippen molar-refractivity contribution >= 4 is 11.8 Å². The lowest BCUT2D eigenvalue weighted by molar-refractivity contribution is -0.150. The summed E-state index contributed by atoms with van der Waals surface area (Å²) in [5.74, 6) is 0.590. The monoisotopic (exact) mass is 414 g/mol. The van der Waals surface area contributed by atoms with E-state index in [2.05, 4.69) is 9.97 Å². The van der Waals surface area contributed by atoms with E-state index in [1.165, 1.54) is 7.11 Å². The Hall–Kier alpha value is -1.88. The molecule has 2 bridgehead atoms. The van der Waals surface area contributed by atoms with Gasteiger partial charge >= 0.3 is 6.18 Å². The predicted molar refractivity (Wildman–Crippen MR) is 93.9 cm³/mol. The fourth-order valence-corrected chi connectivity index (χ4v) is 4.29. The molecular formula is C18H17F3N2O4S. The molecule has 0 spiro atoms. The molecule has 4 atom stereocenters. The lowest BCUT2D eigenvalue weighted by Crippen LogP contribution is -2.40. The van der Waals surface area contributed by atoms with E-state index in [1.54, 1.807) is 24.3 Å². The number of alkyl halides is 3. The molecule has 2 saturated heterocycles. The van der Waals surface area contributed by atoms with E-state index in [0.717, 1.165) is 17.8 Å². The minimum absolute atomic E-state index is 0.0215. The number of methoxy groups -OCH3 is 1. The standard InChI is InChI=1S/C18H17F3N2O4S/c1-25-10-4-2-9(3-5-10)11-6-15(18(19,20)21)23-17(22-11)28-14-7-12(24)16-26-8-13(14)27-16/h2-6,12-14,16,24H,7-8H2,1H3/t12-,13-,14+,16+/m1/s1. The Bertz CT molecular complexity index is 850. The van der Waals surface area contributed by atoms with Gasteiger partial charge in [0.05, 0.1) is 25.5 Å². The quantitative estimate of drug-likeness (QED) is 0.771. The highest BCUT2D eigenvalue weighted by atomic mass is 32.2. The molecule has 1 aromatic heterocycles. The van der Waals surface area contributed by atoms with Crippen LogP contribution >= 0.6 is 11.8 Å². The lowest BCUT2D eigenvalue weighted by Gasteiger charge is -2.30. The summed E-state index contributed by atoms with van der Waals surface area (Å²) >= 11 is 1.06. The van der Waals surface area contributed by atoms with E-state index in [0.29, 0.717) is 17.7 Å². The summed E-state index contributed by atoms with van der Waals surface area (Å²) in [6, 6.07) is 7.50. The van der Waals surface area contributed by atoms with Gasteiger partial charge in [-0.25, -0.2) is 9.97 Å². The molecule has 0 aliphatic carbocycles. The van der Waals surface area contributed by atoms with Gasteiger partial charge in [0.2, 0.25) is 0 Å². The highest BCUT2D eigenvalue weighted by Gasteiger charge is 2.44. The zero-order chi connectivity index (χ0) is 19.9. The van der Waals surface area contributed by atoms with Gasteiger partial charge in [0, 0.05) is 10.8 Å². The third kappa shape index (κ3) is 3.95. The number of rotatable bonds is 4. The number of hydrogen-bond acceptors (Lipinski definition) is 7. The number of nitrogens with zero attached hydrogens (tertiary/aromatic N) is 2. The number of aromatic nitrogens is 2. The summed E-state index contributed by atoms with van der Waals surface area (Å²) in [7, 11) is 1.51. The Morgan fingerprint density at radius 2 is 1.96 bits per heavy atom. The highest BCUT2D eigenvalue weighted by Crippen LogP contribution is 2.39. The Morgan fingerprint density at radius 3 is 2.64 bits per heavy atom. The third-order valence-corrected chi connectivity index (χ3v) is 5.77. The van der Waals surface area contributed by atoms with Gasteiger partial charge in [-0.15, -0.1) is 0 Å². The first-order valence-corrected chi connectivity index (χ1v) is 9.44. The fourth-order valence-electron chi connectivity index (χ4n) is 3.13. The molecule has 0 radical (unpaired) electrons. The minimum Gasteiger partial charge on any atom is -0.497 e. The van der Waals surface area contributed by atoms with E-state index < -0.39 is 24.3 Å². The van der Waals surface area contributed by atoms with Gasteiger partial charge in [0.25, 0.3) is 0 Å². The lowest BCUT2D eigenvalue weighted by atomic mass is 10.1. The number of fused-ring (bicyclic) bond motifs is 2. The molecule has 1 N–H and O–H groups in total. The Labute approximate surface area is 163 Å². The van der Waals surface area contributed by atoms with Crippen LogP contribution < -0.4 is 4.74 Å². The van der Waals surface area contributed by atoms with Crippen molar-refractivity contribution in [2.75, 3.05) is 13.7 Å². The zero-order valence-electron chi connectivity index (χ0n) is 14.7. The maximum absolute atomic E-state index is 13.4. The molecule has 0 unspecified atom stereocenters. The maximum atomic E-state index is 13.4. The molecule has 28 heavy (non-hydrogen) atoms. The van der Waals surface area contributed by atoms with E-state index in [9.17, 15) is 18.3 Å². The molecule has 6 nitrogen and oxygen atoms in total. The molecular weight excluding hydrogens is 397 g/mol. The first-order chi connectivity index (χ1) is 13.3. The Kier molecular flexibility index (Phi) is 5.21. The van der Waals surface area contributed by atoms with Gasteiger partial charge in [-0.1, -0.05) is 11.8 Å². The highest BCUT2D eigenvalue weighted by molar-refractivity contribution is 7.99. The SMILES string of the molecule is COc1ccc(-c2cc(C(F)(F)F)nc(S[C@H]3C[C@@H](O)[C@H]4OC[C@H]3O4)n2)cc1. The average molecular weight is 414 g/mol. The largest absolute Gasteiger partial charge is 0.497 e. The number of ether oxygens (including phenoxy) is 3. The van der Waals surface area contributed by atoms with Gasteiger partial charge in [0.1, 0.15) is 17.5 Å². The van der Waals surface area contributed by atoms with Gasteiger partial charge in [-0.3, -0.25) is 0 Å². The third-order valence-electron chi connectivity index (χ3n) is 4.57. The first-order valence-electron chi connectivity index (χ1n) is 8.56. The second kappa shape index (κ2) is 7.51. The average Bonchev–Trinajstić information content (AvgIpc) is 3.11. The molecule has 3 heterocycles. The molecule has 4 rings (SSSR count). The number of benzene rings is 1. The fraction of sp³-hybridized carbons (Fsp3) is 0.444. The summed E-state index contributed by atoms with van der Waals surface area (Å²) in [5.41, 5.74) is -0.348. The van der Waals surface area contributed by atoms with E-state index in [1.807, 2.05) is 0 Å². The van der Waals surface area contributed by atoms with Gasteiger partial charge < -0.3 is 19.3 Å². The van der Waals surface area contributed by atoms with E-state index >= 15 is 0 Å². The molecule has 2 aliphatic rings. The number of thioether (sulfide) groups is 1. The maximum Gasteiger partial charge on any atom is 0.433 e. The molecule has 2 aliphatic heterocycles. The van der Waals surface area contributed by atoms with Crippen molar-refractivity contribution in [3.63, 3.8) is 0 Å². The van der Waals surface area contributed by atoms with Crippen molar-refractivity contribution in [1.29, 1.82) is 0 Å². The summed E-state index contributed by atoms with van der Waals surface area (Å²) in [6.45, 7) is 0.281. The Balaban J connectivity index is 1.66. The number of halogens is 3. The molecule has 2 fully saturated rings. The molecule has 10 heteroatoms. The molecule has 150 valence electrons. The number of hydrogen-bond donors (Lipinski definition) is 1. The van der Waals surface area contributed by atoms with Crippen LogP contribution in [0.15, 0.2) is 35.5 Å². The van der Waals surface area contributed by atoms with Crippen LogP contribution in [-0.4, -0.2) is 52.5 Å². The predicted octanol–water partition coefficient (Wildman–Crippen LogP) is 3.14. The van der Waals surface area contributed by atoms with Crippen molar-refractivity contribution in [3.8, 4) is 17.0 Å². The number of aliphatic hydroxyl groups is 1. The van der Waals surface area contributed by atoms with Crippen molar-refractivity contribution in [2.45, 2.75) is 41.5 Å². The van der Waals surface area contributed by atoms with E-state index in [-0.39, 0.29) is 28.8 Å². The summed E-state index contributed by atoms with van der Waals surface area (Å²) < 4.78 is 56.1. The first kappa shape index (κ1) is 19.4. The normalized spacial score (nSPS) is 27.0. The van der Waals surface area contributed by atoms with Crippen molar-refractivity contribution < 1.29 is 32.5 Å². The van der Waals surface area contributed by atoms with Crippen molar-refractivity contribution in [1.82, 2.24) is 9.97 Å². The van der Waals surface area contributed by atoms with Crippen LogP contribution in [0.25, 0.3) is 11.3 Å². The minimum atomic E-state index is -4.61. The summed E-state index contributed by atoms with van der Waals surface area (Å²) in [5, 5.41) is 9.69. The number of aliphatic hydroxyl groups excluding tert-OH is 1. The summed E-state index contributed by atoms with van der Waals surface area (Å²) in [6.07, 6.45) is -6.09. The van der Waals surface area contributed by atoms with Crippen LogP contribution in [0.2, 0.25) is 0 Å². The molecule has 0 saturated carbocycles. The molecule has 0 amide bonds. The van der Waals surface area contributed by atoms with Crippen LogP contribution in [0, 0.1) is 0 Å². The topological polar surface area (TPSA) is 73.7 Å². The summed E-state index contributed by atoms with van der Waals surface area (Å²) in [4.78, 5) is 8.00. The van der Waals surface area contributed by atoms with E-state index in [4.69, 9.17) is 14.2 Å². The van der Waals surface area contributed by atoms with Crippen LogP contribution in [0.5, 0.6) is 5.75 Å². The van der Waals surface area contributed by atoms with Crippen LogP contribution in [0.3, 0.4) is 0 Å². The van der Waals surface area contributed by atoms with Crippen LogP contribution in [0.4, 0.5) is 13.2 Å². The second-order valence-corrected chi connectivity index (χ2v) is 7.69. The van der Waals surface area contributed by atoms with Gasteiger partial charge in [-0.2, -0.15) is 13.2 Å². The zero-order valence-corrected chi connectivity index (χ0v) is 15.5. The Morgan fingerprint density at radius 1 is 1.21 bits per heavy atom. The van der Waals surface area contributed by atoms with Gasteiger partial charge in [-0.05, 0) is 36.8 Å². The molecule has 2 aromatic rings. The smallest absolute Gasteiger partial charge is 0.433 e. The van der Waals surface area contributed by atoms with Crippen LogP contribution in [-0.2, 0) is 15.7 Å².